The summed E-state index contributed by atoms with van der Waals surface area (Å²) in [6.45, 7) is 17.8. The van der Waals surface area contributed by atoms with Crippen LogP contribution in [0.5, 0.6) is 0 Å². The van der Waals surface area contributed by atoms with Gasteiger partial charge in [-0.05, 0) is 81.8 Å². The fourth-order valence-electron chi connectivity index (χ4n) is 8.63. The van der Waals surface area contributed by atoms with Crippen LogP contribution in [-0.4, -0.2) is 29.4 Å². The van der Waals surface area contributed by atoms with Gasteiger partial charge in [0.15, 0.2) is 28.5 Å². The van der Waals surface area contributed by atoms with Crippen LogP contribution in [0.1, 0.15) is 98.4 Å². The molecule has 1 aromatic rings. The molecule has 4 bridgehead atoms. The van der Waals surface area contributed by atoms with Crippen molar-refractivity contribution in [1.29, 1.82) is 0 Å². The van der Waals surface area contributed by atoms with Crippen LogP contribution >= 0.6 is 0 Å². The molecule has 0 heterocycles. The molecule has 5 rings (SSSR count). The lowest BCUT2D eigenvalue weighted by molar-refractivity contribution is -0.205. The molecule has 5 heteroatoms. The van der Waals surface area contributed by atoms with Crippen LogP contribution in [0.2, 0.25) is 0 Å². The third-order valence-electron chi connectivity index (χ3n) is 11.5. The van der Waals surface area contributed by atoms with Crippen LogP contribution in [0.4, 0.5) is 0 Å². The van der Waals surface area contributed by atoms with E-state index in [2.05, 4.69) is 20.8 Å². The Morgan fingerprint density at radius 3 is 2.18 bits per heavy atom. The fourth-order valence-corrected chi connectivity index (χ4v) is 8.63. The predicted molar refractivity (Wildman–Crippen MR) is 178 cm³/mol. The molecule has 4 aliphatic rings. The number of hydrogen-bond acceptors (Lipinski definition) is 5. The summed E-state index contributed by atoms with van der Waals surface area (Å²) in [6, 6.07) is 8.60. The minimum atomic E-state index is -2.02. The highest BCUT2D eigenvalue weighted by molar-refractivity contribution is 6.43. The Kier molecular flexibility index (Phi) is 9.46. The van der Waals surface area contributed by atoms with Crippen molar-refractivity contribution in [2.75, 3.05) is 0 Å². The van der Waals surface area contributed by atoms with E-state index in [1.54, 1.807) is 36.4 Å². The Bertz CT molecular complexity index is 1520. The van der Waals surface area contributed by atoms with Crippen LogP contribution in [-0.2, 0) is 19.2 Å². The third kappa shape index (κ3) is 5.02. The van der Waals surface area contributed by atoms with Crippen molar-refractivity contribution in [2.45, 2.75) is 88.0 Å². The molecule has 7 atom stereocenters. The average molecular weight is 611 g/mol. The van der Waals surface area contributed by atoms with Gasteiger partial charge in [-0.3, -0.25) is 24.0 Å². The van der Waals surface area contributed by atoms with Crippen molar-refractivity contribution < 1.29 is 24.0 Å². The van der Waals surface area contributed by atoms with Gasteiger partial charge in [0.2, 0.25) is 0 Å². The minimum absolute atomic E-state index is 0.0523. The van der Waals surface area contributed by atoms with Crippen molar-refractivity contribution in [3.05, 3.63) is 83.0 Å². The monoisotopic (exact) mass is 610 g/mol. The zero-order valence-corrected chi connectivity index (χ0v) is 28.5. The molecule has 0 amide bonds. The summed E-state index contributed by atoms with van der Waals surface area (Å²) in [4.78, 5) is 71.9. The Labute approximate surface area is 269 Å². The lowest BCUT2D eigenvalue weighted by atomic mass is 9.27. The van der Waals surface area contributed by atoms with Gasteiger partial charge in [-0.1, -0.05) is 107 Å². The number of carbonyl (C=O) groups is 5. The van der Waals surface area contributed by atoms with Gasteiger partial charge in [-0.25, -0.2) is 0 Å². The van der Waals surface area contributed by atoms with Gasteiger partial charge in [0.25, 0.3) is 0 Å². The van der Waals surface area contributed by atoms with Crippen molar-refractivity contribution in [3.8, 4) is 0 Å². The van der Waals surface area contributed by atoms with Crippen molar-refractivity contribution >= 4 is 29.4 Å². The molecule has 0 aliphatic heterocycles. The van der Waals surface area contributed by atoms with Crippen molar-refractivity contribution in [1.82, 2.24) is 0 Å². The zero-order valence-electron chi connectivity index (χ0n) is 28.5. The Morgan fingerprint density at radius 1 is 0.956 bits per heavy atom. The maximum absolute atomic E-state index is 15.4. The highest BCUT2D eigenvalue weighted by Gasteiger charge is 2.86. The molecule has 0 saturated heterocycles. The largest absolute Gasteiger partial charge is 0.299 e. The van der Waals surface area contributed by atoms with E-state index in [4.69, 9.17) is 0 Å². The number of hydrogen-bond donors (Lipinski definition) is 0. The lowest BCUT2D eigenvalue weighted by Gasteiger charge is -2.70. The summed E-state index contributed by atoms with van der Waals surface area (Å²) in [5, 5.41) is 0. The van der Waals surface area contributed by atoms with E-state index in [1.807, 2.05) is 59.8 Å². The SMILES string of the molecule is CC[C@@H](C)C[C@@H](C)C=C[C@@]12C[C@H]3[C@@H](C=C(C)C)[C@@](CC=C(C)C(C)=CC=O)(C1=O)C(=O)[C@@](C(=O)c1ccccc1)(C2=O)C3(C)C. The van der Waals surface area contributed by atoms with Gasteiger partial charge in [-0.15, -0.1) is 0 Å². The summed E-state index contributed by atoms with van der Waals surface area (Å²) < 4.78 is 0. The van der Waals surface area contributed by atoms with Crippen molar-refractivity contribution in [2.24, 2.45) is 45.3 Å². The smallest absolute Gasteiger partial charge is 0.184 e. The Balaban J connectivity index is 2.07. The summed E-state index contributed by atoms with van der Waals surface area (Å²) in [5.41, 5.74) is -3.47. The second-order valence-corrected chi connectivity index (χ2v) is 14.8. The van der Waals surface area contributed by atoms with Gasteiger partial charge >= 0.3 is 0 Å². The number of rotatable bonds is 12. The van der Waals surface area contributed by atoms with Gasteiger partial charge in [0.05, 0.1) is 0 Å². The zero-order chi connectivity index (χ0) is 33.5. The maximum atomic E-state index is 15.4. The molecular formula is C40H50O5. The molecule has 0 spiro atoms. The summed E-state index contributed by atoms with van der Waals surface area (Å²) in [6.07, 6.45) is 12.1. The van der Waals surface area contributed by atoms with Gasteiger partial charge in [0.1, 0.15) is 17.1 Å². The third-order valence-corrected chi connectivity index (χ3v) is 11.5. The van der Waals surface area contributed by atoms with E-state index in [0.29, 0.717) is 11.5 Å². The molecule has 4 saturated carbocycles. The minimum Gasteiger partial charge on any atom is -0.299 e. The van der Waals surface area contributed by atoms with Crippen LogP contribution < -0.4 is 0 Å². The number of carbonyl (C=O) groups excluding carboxylic acids is 5. The average Bonchev–Trinajstić information content (AvgIpc) is 2.99. The summed E-state index contributed by atoms with van der Waals surface area (Å²) in [7, 11) is 0. The first-order valence-electron chi connectivity index (χ1n) is 16.5. The molecule has 0 unspecified atom stereocenters. The molecular weight excluding hydrogens is 560 g/mol. The van der Waals surface area contributed by atoms with E-state index in [9.17, 15) is 9.59 Å². The first-order chi connectivity index (χ1) is 21.1. The van der Waals surface area contributed by atoms with Crippen LogP contribution in [0.3, 0.4) is 0 Å². The fraction of sp³-hybridized carbons (Fsp3) is 0.525. The second kappa shape index (κ2) is 12.4. The van der Waals surface area contributed by atoms with E-state index in [0.717, 1.165) is 35.8 Å². The number of benzene rings is 1. The molecule has 4 aliphatic carbocycles. The molecule has 0 N–H and O–H groups in total. The molecule has 4 fully saturated rings. The van der Waals surface area contributed by atoms with E-state index in [-0.39, 0.29) is 30.5 Å². The molecule has 0 aromatic heterocycles. The normalized spacial score (nSPS) is 32.2. The number of ketones is 4. The number of Topliss-reactive ketones (excluding diaryl/α,β-unsaturated/α-hetero) is 4. The number of aldehydes is 1. The molecule has 240 valence electrons. The second-order valence-electron chi connectivity index (χ2n) is 14.8. The van der Waals surface area contributed by atoms with Crippen LogP contribution in [0.25, 0.3) is 0 Å². The van der Waals surface area contributed by atoms with Gasteiger partial charge < -0.3 is 0 Å². The van der Waals surface area contributed by atoms with Gasteiger partial charge in [-0.2, -0.15) is 0 Å². The molecule has 0 radical (unpaired) electrons. The van der Waals surface area contributed by atoms with Crippen LogP contribution in [0, 0.1) is 45.3 Å². The standard InChI is InChI=1S/C40H50O5/c1-10-26(4)23-27(5)16-19-38-24-32-31(22-25(2)3)39(34(38)43,20-17-28(6)29(7)18-21-41)36(45)40(35(38)44,37(32,8)9)33(42)30-14-12-11-13-15-30/h11-19,21-22,26-27,31-32H,10,20,23-24H2,1-9H3/t26-,27+,31-,32+,38-,39+,40-/m1/s1. The van der Waals surface area contributed by atoms with Crippen molar-refractivity contribution in [3.63, 3.8) is 0 Å². The number of allylic oxidation sites excluding steroid dienone is 8. The van der Waals surface area contributed by atoms with E-state index in [1.165, 1.54) is 6.08 Å². The lowest BCUT2D eigenvalue weighted by Crippen LogP contribution is -2.83. The topological polar surface area (TPSA) is 85.3 Å². The quantitative estimate of drug-likeness (QED) is 0.0593. The Morgan fingerprint density at radius 2 is 1.60 bits per heavy atom. The van der Waals surface area contributed by atoms with E-state index < -0.39 is 44.9 Å². The maximum Gasteiger partial charge on any atom is 0.184 e. The molecule has 1 aromatic carbocycles. The predicted octanol–water partition coefficient (Wildman–Crippen LogP) is 8.30. The molecule has 45 heavy (non-hydrogen) atoms. The van der Waals surface area contributed by atoms with Gasteiger partial charge in [0, 0.05) is 11.5 Å². The van der Waals surface area contributed by atoms with Crippen LogP contribution in [0.15, 0.2) is 77.4 Å². The van der Waals surface area contributed by atoms with E-state index >= 15 is 14.4 Å². The Hall–Kier alpha value is -3.47. The summed E-state index contributed by atoms with van der Waals surface area (Å²) >= 11 is 0. The first kappa shape index (κ1) is 34.4. The molecule has 5 nitrogen and oxygen atoms in total. The first-order valence-corrected chi connectivity index (χ1v) is 16.5. The summed E-state index contributed by atoms with van der Waals surface area (Å²) in [5.74, 6) is -2.21. The highest BCUT2D eigenvalue weighted by atomic mass is 16.2. The highest BCUT2D eigenvalue weighted by Crippen LogP contribution is 2.75.